The van der Waals surface area contributed by atoms with Crippen LogP contribution >= 0.6 is 0 Å². The van der Waals surface area contributed by atoms with Crippen LogP contribution in [-0.4, -0.2) is 31.1 Å². The van der Waals surface area contributed by atoms with Crippen LogP contribution in [0.4, 0.5) is 5.69 Å². The molecule has 3 rings (SSSR count). The summed E-state index contributed by atoms with van der Waals surface area (Å²) in [5, 5.41) is 12.4. The maximum Gasteiger partial charge on any atom is 0.341 e. The second kappa shape index (κ2) is 10.7. The normalized spacial score (nSPS) is 10.9. The highest BCUT2D eigenvalue weighted by Gasteiger charge is 2.21. The molecule has 0 spiro atoms. The SMILES string of the molecule is COc1ccc(N/C=C(\C(=O)O)C(=O)c2ccc(OCc3ccccc3)c(OC)c2)cc1. The van der Waals surface area contributed by atoms with Crippen LogP contribution in [0.15, 0.2) is 84.6 Å². The number of carbonyl (C=O) groups excluding carboxylic acids is 1. The monoisotopic (exact) mass is 433 g/mol. The zero-order valence-electron chi connectivity index (χ0n) is 17.7. The van der Waals surface area contributed by atoms with Crippen LogP contribution in [0.1, 0.15) is 15.9 Å². The summed E-state index contributed by atoms with van der Waals surface area (Å²) in [6.07, 6.45) is 1.17. The molecule has 2 N–H and O–H groups in total. The Labute approximate surface area is 185 Å². The van der Waals surface area contributed by atoms with Crippen molar-refractivity contribution in [2.24, 2.45) is 0 Å². The highest BCUT2D eigenvalue weighted by Crippen LogP contribution is 2.30. The van der Waals surface area contributed by atoms with Crippen molar-refractivity contribution in [1.82, 2.24) is 0 Å². The third kappa shape index (κ3) is 5.66. The fraction of sp³-hybridized carbons (Fsp3) is 0.120. The van der Waals surface area contributed by atoms with Gasteiger partial charge in [0.05, 0.1) is 14.2 Å². The summed E-state index contributed by atoms with van der Waals surface area (Å²) in [4.78, 5) is 24.6. The molecule has 0 bridgehead atoms. The molecule has 0 radical (unpaired) electrons. The Balaban J connectivity index is 1.77. The Morgan fingerprint density at radius 3 is 2.25 bits per heavy atom. The molecule has 0 aromatic heterocycles. The number of carbonyl (C=O) groups is 2. The van der Waals surface area contributed by atoms with Gasteiger partial charge < -0.3 is 24.6 Å². The topological polar surface area (TPSA) is 94.1 Å². The fourth-order valence-corrected chi connectivity index (χ4v) is 2.89. The van der Waals surface area contributed by atoms with Crippen LogP contribution in [-0.2, 0) is 11.4 Å². The van der Waals surface area contributed by atoms with E-state index in [2.05, 4.69) is 5.32 Å². The highest BCUT2D eigenvalue weighted by molar-refractivity contribution is 6.24. The lowest BCUT2D eigenvalue weighted by atomic mass is 10.0. The first-order valence-electron chi connectivity index (χ1n) is 9.75. The first kappa shape index (κ1) is 22.4. The molecule has 0 aliphatic heterocycles. The van der Waals surface area contributed by atoms with Gasteiger partial charge in [0.2, 0.25) is 5.78 Å². The maximum absolute atomic E-state index is 12.9. The molecular formula is C25H23NO6. The molecule has 3 aromatic carbocycles. The zero-order chi connectivity index (χ0) is 22.9. The fourth-order valence-electron chi connectivity index (χ4n) is 2.89. The van der Waals surface area contributed by atoms with Crippen molar-refractivity contribution in [1.29, 1.82) is 0 Å². The quantitative estimate of drug-likeness (QED) is 0.210. The minimum atomic E-state index is -1.35. The first-order chi connectivity index (χ1) is 15.5. The summed E-state index contributed by atoms with van der Waals surface area (Å²) in [7, 11) is 3.01. The third-order valence-corrected chi connectivity index (χ3v) is 4.61. The second-order valence-corrected chi connectivity index (χ2v) is 6.71. The summed E-state index contributed by atoms with van der Waals surface area (Å²) in [5.74, 6) is -0.564. The van der Waals surface area contributed by atoms with Gasteiger partial charge in [-0.15, -0.1) is 0 Å². The van der Waals surface area contributed by atoms with Gasteiger partial charge in [-0.2, -0.15) is 0 Å². The van der Waals surface area contributed by atoms with Gasteiger partial charge in [0.1, 0.15) is 17.9 Å². The molecule has 0 heterocycles. The summed E-state index contributed by atoms with van der Waals surface area (Å²) in [5.41, 5.74) is 1.34. The van der Waals surface area contributed by atoms with E-state index in [0.29, 0.717) is 29.5 Å². The smallest absolute Gasteiger partial charge is 0.341 e. The van der Waals surface area contributed by atoms with Crippen LogP contribution in [0.25, 0.3) is 0 Å². The molecule has 164 valence electrons. The molecule has 0 amide bonds. The van der Waals surface area contributed by atoms with Crippen LogP contribution < -0.4 is 19.5 Å². The molecule has 3 aromatic rings. The number of ether oxygens (including phenoxy) is 3. The van der Waals surface area contributed by atoms with Crippen molar-refractivity contribution >= 4 is 17.4 Å². The number of hydrogen-bond donors (Lipinski definition) is 2. The van der Waals surface area contributed by atoms with Crippen molar-refractivity contribution in [3.63, 3.8) is 0 Å². The lowest BCUT2D eigenvalue weighted by Gasteiger charge is -2.12. The average Bonchev–Trinajstić information content (AvgIpc) is 2.83. The van der Waals surface area contributed by atoms with Crippen LogP contribution in [0, 0.1) is 0 Å². The van der Waals surface area contributed by atoms with E-state index in [1.54, 1.807) is 37.4 Å². The Morgan fingerprint density at radius 2 is 1.62 bits per heavy atom. The van der Waals surface area contributed by atoms with E-state index in [1.165, 1.54) is 25.4 Å². The average molecular weight is 433 g/mol. The molecule has 0 fully saturated rings. The Kier molecular flexibility index (Phi) is 7.48. The number of nitrogens with one attached hydrogen (secondary N) is 1. The van der Waals surface area contributed by atoms with Gasteiger partial charge in [-0.3, -0.25) is 4.79 Å². The summed E-state index contributed by atoms with van der Waals surface area (Å²) < 4.78 is 16.2. The number of rotatable bonds is 10. The number of Topliss-reactive ketones (excluding diaryl/α,β-unsaturated/α-hetero) is 1. The number of anilines is 1. The molecule has 7 heteroatoms. The van der Waals surface area contributed by atoms with Crippen molar-refractivity contribution < 1.29 is 28.9 Å². The van der Waals surface area contributed by atoms with E-state index in [4.69, 9.17) is 14.2 Å². The van der Waals surface area contributed by atoms with E-state index < -0.39 is 17.3 Å². The summed E-state index contributed by atoms with van der Waals surface area (Å²) in [6, 6.07) is 21.0. The lowest BCUT2D eigenvalue weighted by molar-refractivity contribution is -0.132. The predicted octanol–water partition coefficient (Wildman–Crippen LogP) is 4.55. The highest BCUT2D eigenvalue weighted by atomic mass is 16.5. The van der Waals surface area contributed by atoms with Gasteiger partial charge in [-0.1, -0.05) is 30.3 Å². The van der Waals surface area contributed by atoms with E-state index in [9.17, 15) is 14.7 Å². The predicted molar refractivity (Wildman–Crippen MR) is 120 cm³/mol. The zero-order valence-corrected chi connectivity index (χ0v) is 17.7. The van der Waals surface area contributed by atoms with Crippen molar-refractivity contribution in [2.45, 2.75) is 6.61 Å². The van der Waals surface area contributed by atoms with Crippen molar-refractivity contribution in [3.05, 3.63) is 95.7 Å². The summed E-state index contributed by atoms with van der Waals surface area (Å²) in [6.45, 7) is 0.330. The van der Waals surface area contributed by atoms with Gasteiger partial charge in [0.25, 0.3) is 0 Å². The van der Waals surface area contributed by atoms with E-state index in [0.717, 1.165) is 5.56 Å². The number of benzene rings is 3. The third-order valence-electron chi connectivity index (χ3n) is 4.61. The molecule has 7 nitrogen and oxygen atoms in total. The summed E-state index contributed by atoms with van der Waals surface area (Å²) >= 11 is 0. The van der Waals surface area contributed by atoms with Crippen molar-refractivity contribution in [2.75, 3.05) is 19.5 Å². The van der Waals surface area contributed by atoms with Gasteiger partial charge in [-0.25, -0.2) is 4.79 Å². The van der Waals surface area contributed by atoms with Crippen molar-refractivity contribution in [3.8, 4) is 17.2 Å². The Morgan fingerprint density at radius 1 is 0.906 bits per heavy atom. The number of aliphatic carboxylic acids is 1. The number of ketones is 1. The van der Waals surface area contributed by atoms with E-state index >= 15 is 0 Å². The molecule has 0 saturated carbocycles. The number of carboxylic acid groups (broad SMARTS) is 1. The van der Waals surface area contributed by atoms with Gasteiger partial charge in [0.15, 0.2) is 11.5 Å². The largest absolute Gasteiger partial charge is 0.497 e. The molecule has 0 aliphatic rings. The Hall–Kier alpha value is -4.26. The Bertz CT molecular complexity index is 1110. The van der Waals surface area contributed by atoms with E-state index in [-0.39, 0.29) is 5.56 Å². The molecule has 0 unspecified atom stereocenters. The van der Waals surface area contributed by atoms with Gasteiger partial charge in [-0.05, 0) is 48.0 Å². The molecule has 32 heavy (non-hydrogen) atoms. The second-order valence-electron chi connectivity index (χ2n) is 6.71. The van der Waals surface area contributed by atoms with Gasteiger partial charge >= 0.3 is 5.97 Å². The number of hydrogen-bond acceptors (Lipinski definition) is 6. The van der Waals surface area contributed by atoms with Crippen LogP contribution in [0.5, 0.6) is 17.2 Å². The lowest BCUT2D eigenvalue weighted by Crippen LogP contribution is -2.14. The van der Waals surface area contributed by atoms with E-state index in [1.807, 2.05) is 30.3 Å². The first-order valence-corrected chi connectivity index (χ1v) is 9.75. The molecule has 0 aliphatic carbocycles. The minimum Gasteiger partial charge on any atom is -0.497 e. The number of carboxylic acids is 1. The number of methoxy groups -OCH3 is 2. The van der Waals surface area contributed by atoms with Crippen LogP contribution in [0.2, 0.25) is 0 Å². The van der Waals surface area contributed by atoms with Gasteiger partial charge in [0, 0.05) is 17.5 Å². The molecule has 0 saturated heterocycles. The maximum atomic E-state index is 12.9. The minimum absolute atomic E-state index is 0.166. The standard InChI is InChI=1S/C25H23NO6/c1-30-20-11-9-19(10-12-20)26-15-21(25(28)29)24(27)18-8-13-22(23(14-18)31-2)32-16-17-6-4-3-5-7-17/h3-15,26H,16H2,1-2H3,(H,28,29)/b21-15-. The molecule has 0 atom stereocenters. The molecular weight excluding hydrogens is 410 g/mol. The van der Waals surface area contributed by atoms with Crippen LogP contribution in [0.3, 0.4) is 0 Å².